The number of carbonyl (C=O) groups excluding carboxylic acids is 1. The zero-order chi connectivity index (χ0) is 27.6. The summed E-state index contributed by atoms with van der Waals surface area (Å²) in [6.45, 7) is 8.24. The smallest absolute Gasteiger partial charge is 0.309 e. The van der Waals surface area contributed by atoms with Crippen LogP contribution >= 0.6 is 0 Å². The van der Waals surface area contributed by atoms with E-state index in [0.717, 1.165) is 89.6 Å². The van der Waals surface area contributed by atoms with E-state index in [1.807, 2.05) is 0 Å². The highest BCUT2D eigenvalue weighted by Gasteiger charge is 2.49. The van der Waals surface area contributed by atoms with Gasteiger partial charge < -0.3 is 23.7 Å². The first kappa shape index (κ1) is 30.3. The molecule has 2 aliphatic carbocycles. The summed E-state index contributed by atoms with van der Waals surface area (Å²) in [5.41, 5.74) is 2.58. The molecule has 0 amide bonds. The van der Waals surface area contributed by atoms with Gasteiger partial charge in [-0.15, -0.1) is 0 Å². The summed E-state index contributed by atoms with van der Waals surface area (Å²) in [6.07, 6.45) is 19.8. The largest absolute Gasteiger partial charge is 0.469 e. The second-order valence-electron chi connectivity index (χ2n) is 12.4. The molecule has 4 aliphatic rings. The van der Waals surface area contributed by atoms with Crippen LogP contribution < -0.4 is 0 Å². The third-order valence-corrected chi connectivity index (χ3v) is 8.88. The molecule has 6 heteroatoms. The van der Waals surface area contributed by atoms with Crippen LogP contribution in [0.2, 0.25) is 0 Å². The number of ether oxygens (including phenoxy) is 5. The Kier molecular flexibility index (Phi) is 12.0. The molecule has 0 bridgehead atoms. The van der Waals surface area contributed by atoms with Crippen LogP contribution in [0.3, 0.4) is 0 Å². The maximum absolute atomic E-state index is 12.0. The maximum atomic E-state index is 12.0. The van der Waals surface area contributed by atoms with E-state index in [2.05, 4.69) is 39.0 Å². The van der Waals surface area contributed by atoms with Crippen molar-refractivity contribution in [1.29, 1.82) is 0 Å². The molecule has 220 valence electrons. The topological polar surface area (TPSA) is 63.2 Å². The Bertz CT molecular complexity index is 859. The van der Waals surface area contributed by atoms with Crippen molar-refractivity contribution in [2.24, 2.45) is 23.7 Å². The summed E-state index contributed by atoms with van der Waals surface area (Å²) in [4.78, 5) is 12.0. The minimum absolute atomic E-state index is 0.0453. The summed E-state index contributed by atoms with van der Waals surface area (Å²) < 4.78 is 30.5. The van der Waals surface area contributed by atoms with Gasteiger partial charge in [-0.05, 0) is 108 Å². The fourth-order valence-electron chi connectivity index (χ4n) is 6.74. The van der Waals surface area contributed by atoms with Crippen LogP contribution in [0.5, 0.6) is 0 Å². The first-order valence-corrected chi connectivity index (χ1v) is 15.6. The molecule has 0 spiro atoms. The van der Waals surface area contributed by atoms with Crippen LogP contribution in [-0.2, 0) is 28.5 Å². The van der Waals surface area contributed by atoms with Gasteiger partial charge in [-0.3, -0.25) is 4.79 Å². The van der Waals surface area contributed by atoms with Gasteiger partial charge >= 0.3 is 5.97 Å². The predicted molar refractivity (Wildman–Crippen MR) is 153 cm³/mol. The van der Waals surface area contributed by atoms with Crippen molar-refractivity contribution in [3.63, 3.8) is 0 Å². The Balaban J connectivity index is 1.51. The number of methoxy groups -OCH3 is 1. The molecule has 0 aromatic carbocycles. The zero-order valence-corrected chi connectivity index (χ0v) is 24.8. The maximum Gasteiger partial charge on any atom is 0.309 e. The predicted octanol–water partition coefficient (Wildman–Crippen LogP) is 7.63. The Morgan fingerprint density at radius 3 is 2.36 bits per heavy atom. The highest BCUT2D eigenvalue weighted by atomic mass is 16.7. The number of carbonyl (C=O) groups is 1. The standard InChI is InChI=1S/C33H52O6/c1-23(2)11-9-12-24(3)13-10-14-28(38-31-15-5-7-17-36-31)33-27-20-25(21-30(34)35-4)19-26(27)22-29(33)39-32-16-6-8-18-37-32/h11,14,19,24,26-27,29,31-33H,5-10,12-13,15-18,20-22H2,1-4H3/t24?,26-,27-,29-,31?,32?,33+/m1/s1. The summed E-state index contributed by atoms with van der Waals surface area (Å²) in [5, 5.41) is 0. The SMILES string of the molecule is COC(=O)CC1=C[C@@H]2C[C@@H](OC3CCCCO3)[C@H](C(=CCCC(C)CCC=C(C)C)OC3CCCCO3)[C@@H]2C1. The molecular formula is C33H52O6. The van der Waals surface area contributed by atoms with Gasteiger partial charge in [0.15, 0.2) is 12.6 Å². The van der Waals surface area contributed by atoms with Crippen LogP contribution in [0, 0.1) is 23.7 Å². The molecule has 39 heavy (non-hydrogen) atoms. The molecule has 3 fully saturated rings. The number of esters is 1. The van der Waals surface area contributed by atoms with E-state index < -0.39 is 0 Å². The second-order valence-corrected chi connectivity index (χ2v) is 12.4. The van der Waals surface area contributed by atoms with Crippen LogP contribution in [0.1, 0.15) is 104 Å². The van der Waals surface area contributed by atoms with Crippen LogP contribution in [0.4, 0.5) is 0 Å². The summed E-state index contributed by atoms with van der Waals surface area (Å²) in [5.74, 6) is 2.42. The lowest BCUT2D eigenvalue weighted by Crippen LogP contribution is -2.34. The van der Waals surface area contributed by atoms with Crippen molar-refractivity contribution in [3.8, 4) is 0 Å². The minimum Gasteiger partial charge on any atom is -0.469 e. The fraction of sp³-hybridized carbons (Fsp3) is 0.788. The van der Waals surface area contributed by atoms with Gasteiger partial charge in [0.1, 0.15) is 5.76 Å². The Labute approximate surface area is 236 Å². The Morgan fingerprint density at radius 2 is 1.72 bits per heavy atom. The van der Waals surface area contributed by atoms with E-state index in [-0.39, 0.29) is 30.6 Å². The molecule has 4 rings (SSSR count). The minimum atomic E-state index is -0.186. The molecular weight excluding hydrogens is 492 g/mol. The molecule has 7 atom stereocenters. The average Bonchev–Trinajstić information content (AvgIpc) is 3.45. The van der Waals surface area contributed by atoms with Gasteiger partial charge in [0.25, 0.3) is 0 Å². The van der Waals surface area contributed by atoms with E-state index in [1.54, 1.807) is 0 Å². The van der Waals surface area contributed by atoms with Gasteiger partial charge in [-0.25, -0.2) is 0 Å². The van der Waals surface area contributed by atoms with E-state index in [1.165, 1.54) is 24.7 Å². The molecule has 0 aromatic rings. The second kappa shape index (κ2) is 15.4. The summed E-state index contributed by atoms with van der Waals surface area (Å²) >= 11 is 0. The van der Waals surface area contributed by atoms with Crippen LogP contribution in [0.15, 0.2) is 35.1 Å². The van der Waals surface area contributed by atoms with Crippen molar-refractivity contribution < 1.29 is 28.5 Å². The first-order valence-electron chi connectivity index (χ1n) is 15.6. The quantitative estimate of drug-likeness (QED) is 0.135. The molecule has 6 nitrogen and oxygen atoms in total. The number of fused-ring (bicyclic) bond motifs is 1. The van der Waals surface area contributed by atoms with Crippen LogP contribution in [0.25, 0.3) is 0 Å². The van der Waals surface area contributed by atoms with E-state index in [9.17, 15) is 4.79 Å². The number of hydrogen-bond acceptors (Lipinski definition) is 6. The molecule has 2 heterocycles. The van der Waals surface area contributed by atoms with E-state index in [4.69, 9.17) is 23.7 Å². The highest BCUT2D eigenvalue weighted by molar-refractivity contribution is 5.72. The highest BCUT2D eigenvalue weighted by Crippen LogP contribution is 2.52. The zero-order valence-electron chi connectivity index (χ0n) is 24.8. The number of allylic oxidation sites excluding steroid dienone is 4. The van der Waals surface area contributed by atoms with Crippen molar-refractivity contribution in [2.75, 3.05) is 20.3 Å². The van der Waals surface area contributed by atoms with Crippen LogP contribution in [-0.4, -0.2) is 45.0 Å². The first-order chi connectivity index (χ1) is 18.9. The van der Waals surface area contributed by atoms with Gasteiger partial charge in [0.05, 0.1) is 26.2 Å². The normalized spacial score (nSPS) is 31.8. The van der Waals surface area contributed by atoms with Gasteiger partial charge in [0.2, 0.25) is 0 Å². The van der Waals surface area contributed by atoms with Gasteiger partial charge in [0, 0.05) is 18.9 Å². The van der Waals surface area contributed by atoms with Crippen molar-refractivity contribution in [1.82, 2.24) is 0 Å². The van der Waals surface area contributed by atoms with Crippen molar-refractivity contribution >= 4 is 5.97 Å². The lowest BCUT2D eigenvalue weighted by Gasteiger charge is -2.34. The van der Waals surface area contributed by atoms with Gasteiger partial charge in [-0.1, -0.05) is 30.2 Å². The lowest BCUT2D eigenvalue weighted by molar-refractivity contribution is -0.200. The van der Waals surface area contributed by atoms with Gasteiger partial charge in [-0.2, -0.15) is 0 Å². The number of hydrogen-bond donors (Lipinski definition) is 0. The van der Waals surface area contributed by atoms with Crippen molar-refractivity contribution in [3.05, 3.63) is 35.1 Å². The average molecular weight is 545 g/mol. The third-order valence-electron chi connectivity index (χ3n) is 8.88. The molecule has 1 saturated carbocycles. The van der Waals surface area contributed by atoms with E-state index in [0.29, 0.717) is 24.2 Å². The number of rotatable bonds is 13. The van der Waals surface area contributed by atoms with E-state index >= 15 is 0 Å². The Morgan fingerprint density at radius 1 is 1.03 bits per heavy atom. The third kappa shape index (κ3) is 9.19. The molecule has 2 aliphatic heterocycles. The summed E-state index contributed by atoms with van der Waals surface area (Å²) in [6, 6.07) is 0. The molecule has 0 aromatic heterocycles. The molecule has 0 radical (unpaired) electrons. The Hall–Kier alpha value is -1.63. The van der Waals surface area contributed by atoms with Crippen molar-refractivity contribution in [2.45, 2.75) is 123 Å². The lowest BCUT2D eigenvalue weighted by atomic mass is 9.87. The molecule has 0 N–H and O–H groups in total. The molecule has 3 unspecified atom stereocenters. The monoisotopic (exact) mass is 544 g/mol. The summed E-state index contributed by atoms with van der Waals surface area (Å²) in [7, 11) is 1.47. The molecule has 2 saturated heterocycles. The fourth-order valence-corrected chi connectivity index (χ4v) is 6.74.